The fourth-order valence-corrected chi connectivity index (χ4v) is 1.31. The second-order valence-corrected chi connectivity index (χ2v) is 3.69. The molecule has 5 heteroatoms. The van der Waals surface area contributed by atoms with Gasteiger partial charge in [0.05, 0.1) is 18.7 Å². The van der Waals surface area contributed by atoms with Gasteiger partial charge in [-0.05, 0) is 18.8 Å². The molecule has 0 radical (unpaired) electrons. The third-order valence-corrected chi connectivity index (χ3v) is 2.32. The molecule has 1 aromatic heterocycles. The van der Waals surface area contributed by atoms with E-state index in [1.807, 2.05) is 6.07 Å². The summed E-state index contributed by atoms with van der Waals surface area (Å²) in [6, 6.07) is 1.90. The summed E-state index contributed by atoms with van der Waals surface area (Å²) < 4.78 is 1.74. The first-order valence-corrected chi connectivity index (χ1v) is 4.74. The third kappa shape index (κ3) is 2.09. The molecule has 2 rings (SSSR count). The summed E-state index contributed by atoms with van der Waals surface area (Å²) in [7, 11) is 0. The SMILES string of the molecule is N#CCC(O)c1cn(CC2CC2)nn1. The lowest BCUT2D eigenvalue weighted by molar-refractivity contribution is 0.178. The zero-order chi connectivity index (χ0) is 9.97. The summed E-state index contributed by atoms with van der Waals surface area (Å²) >= 11 is 0. The first-order valence-electron chi connectivity index (χ1n) is 4.74. The summed E-state index contributed by atoms with van der Waals surface area (Å²) in [6.45, 7) is 0.881. The Morgan fingerprint density at radius 1 is 1.71 bits per heavy atom. The number of rotatable bonds is 4. The molecule has 1 heterocycles. The van der Waals surface area contributed by atoms with Crippen molar-refractivity contribution in [3.05, 3.63) is 11.9 Å². The molecule has 0 amide bonds. The summed E-state index contributed by atoms with van der Waals surface area (Å²) in [5, 5.41) is 25.6. The molecule has 0 aliphatic heterocycles. The van der Waals surface area contributed by atoms with Gasteiger partial charge in [0.15, 0.2) is 0 Å². The number of aromatic nitrogens is 3. The number of nitrogens with zero attached hydrogens (tertiary/aromatic N) is 4. The Kier molecular flexibility index (Phi) is 2.46. The van der Waals surface area contributed by atoms with Gasteiger partial charge in [-0.1, -0.05) is 5.21 Å². The van der Waals surface area contributed by atoms with Crippen molar-refractivity contribution in [1.29, 1.82) is 5.26 Å². The van der Waals surface area contributed by atoms with Crippen molar-refractivity contribution >= 4 is 0 Å². The van der Waals surface area contributed by atoms with Gasteiger partial charge in [-0.25, -0.2) is 0 Å². The van der Waals surface area contributed by atoms with Crippen molar-refractivity contribution in [2.24, 2.45) is 5.92 Å². The highest BCUT2D eigenvalue weighted by Gasteiger charge is 2.22. The average molecular weight is 192 g/mol. The van der Waals surface area contributed by atoms with Crippen LogP contribution >= 0.6 is 0 Å². The fourth-order valence-electron chi connectivity index (χ4n) is 1.31. The van der Waals surface area contributed by atoms with Crippen molar-refractivity contribution in [2.45, 2.75) is 31.9 Å². The van der Waals surface area contributed by atoms with Gasteiger partial charge >= 0.3 is 0 Å². The minimum Gasteiger partial charge on any atom is -0.386 e. The van der Waals surface area contributed by atoms with Crippen LogP contribution < -0.4 is 0 Å². The molecule has 0 saturated heterocycles. The van der Waals surface area contributed by atoms with Crippen molar-refractivity contribution in [3.63, 3.8) is 0 Å². The Bertz CT molecular complexity index is 350. The predicted molar refractivity (Wildman–Crippen MR) is 47.9 cm³/mol. The summed E-state index contributed by atoms with van der Waals surface area (Å²) in [5.74, 6) is 0.734. The topological polar surface area (TPSA) is 74.7 Å². The molecule has 1 aliphatic rings. The molecule has 0 bridgehead atoms. The standard InChI is InChI=1S/C9H12N4O/c10-4-3-9(14)8-6-13(12-11-8)5-7-1-2-7/h6-7,9,14H,1-3,5H2. The highest BCUT2D eigenvalue weighted by Crippen LogP contribution is 2.30. The van der Waals surface area contributed by atoms with Gasteiger partial charge < -0.3 is 5.11 Å². The molecule has 74 valence electrons. The Balaban J connectivity index is 1.97. The smallest absolute Gasteiger partial charge is 0.112 e. The Labute approximate surface area is 82.0 Å². The van der Waals surface area contributed by atoms with Crippen LogP contribution in [0.15, 0.2) is 6.20 Å². The van der Waals surface area contributed by atoms with Gasteiger partial charge in [-0.15, -0.1) is 5.10 Å². The fraction of sp³-hybridized carbons (Fsp3) is 0.667. The van der Waals surface area contributed by atoms with Gasteiger partial charge in [-0.3, -0.25) is 4.68 Å². The molecule has 1 atom stereocenters. The molecule has 1 aliphatic carbocycles. The monoisotopic (exact) mass is 192 g/mol. The molecular weight excluding hydrogens is 180 g/mol. The van der Waals surface area contributed by atoms with E-state index >= 15 is 0 Å². The highest BCUT2D eigenvalue weighted by atomic mass is 16.3. The van der Waals surface area contributed by atoms with Crippen molar-refractivity contribution < 1.29 is 5.11 Å². The van der Waals surface area contributed by atoms with E-state index in [0.29, 0.717) is 5.69 Å². The third-order valence-electron chi connectivity index (χ3n) is 2.32. The number of aliphatic hydroxyl groups excluding tert-OH is 1. The summed E-state index contributed by atoms with van der Waals surface area (Å²) in [6.07, 6.45) is 3.52. The molecule has 0 spiro atoms. The zero-order valence-corrected chi connectivity index (χ0v) is 7.80. The van der Waals surface area contributed by atoms with Crippen LogP contribution in [0.5, 0.6) is 0 Å². The molecule has 1 N–H and O–H groups in total. The molecule has 5 nitrogen and oxygen atoms in total. The van der Waals surface area contributed by atoms with Gasteiger partial charge in [-0.2, -0.15) is 5.26 Å². The first kappa shape index (κ1) is 9.16. The summed E-state index contributed by atoms with van der Waals surface area (Å²) in [5.41, 5.74) is 0.493. The van der Waals surface area contributed by atoms with Gasteiger partial charge in [0.1, 0.15) is 11.8 Å². The molecule has 1 saturated carbocycles. The van der Waals surface area contributed by atoms with Crippen LogP contribution in [0.3, 0.4) is 0 Å². The lowest BCUT2D eigenvalue weighted by atomic mass is 10.2. The normalized spacial score (nSPS) is 17.7. The Morgan fingerprint density at radius 2 is 2.50 bits per heavy atom. The van der Waals surface area contributed by atoms with Crippen LogP contribution in [0.1, 0.15) is 31.1 Å². The van der Waals surface area contributed by atoms with Crippen LogP contribution in [0, 0.1) is 17.2 Å². The van der Waals surface area contributed by atoms with Crippen LogP contribution in [-0.4, -0.2) is 20.1 Å². The van der Waals surface area contributed by atoms with Gasteiger partial charge in [0.25, 0.3) is 0 Å². The molecule has 1 fully saturated rings. The molecule has 0 aromatic carbocycles. The van der Waals surface area contributed by atoms with Crippen LogP contribution in [0.25, 0.3) is 0 Å². The van der Waals surface area contributed by atoms with Crippen molar-refractivity contribution in [1.82, 2.24) is 15.0 Å². The van der Waals surface area contributed by atoms with Gasteiger partial charge in [0, 0.05) is 6.54 Å². The number of hydrogen-bond acceptors (Lipinski definition) is 4. The zero-order valence-electron chi connectivity index (χ0n) is 7.80. The molecule has 1 aromatic rings. The number of hydrogen-bond donors (Lipinski definition) is 1. The average Bonchev–Trinajstić information content (AvgIpc) is 2.82. The quantitative estimate of drug-likeness (QED) is 0.759. The minimum absolute atomic E-state index is 0.0715. The van der Waals surface area contributed by atoms with E-state index < -0.39 is 6.10 Å². The number of aliphatic hydroxyl groups is 1. The van der Waals surface area contributed by atoms with Gasteiger partial charge in [0.2, 0.25) is 0 Å². The van der Waals surface area contributed by atoms with E-state index in [2.05, 4.69) is 10.3 Å². The maximum Gasteiger partial charge on any atom is 0.112 e. The van der Waals surface area contributed by atoms with E-state index in [0.717, 1.165) is 12.5 Å². The summed E-state index contributed by atoms with van der Waals surface area (Å²) in [4.78, 5) is 0. The second kappa shape index (κ2) is 3.76. The molecule has 1 unspecified atom stereocenters. The van der Waals surface area contributed by atoms with Crippen LogP contribution in [0.2, 0.25) is 0 Å². The van der Waals surface area contributed by atoms with Crippen LogP contribution in [-0.2, 0) is 6.54 Å². The van der Waals surface area contributed by atoms with E-state index in [4.69, 9.17) is 5.26 Å². The van der Waals surface area contributed by atoms with E-state index in [9.17, 15) is 5.11 Å². The lowest BCUT2D eigenvalue weighted by Gasteiger charge is -1.99. The minimum atomic E-state index is -0.798. The maximum absolute atomic E-state index is 9.45. The van der Waals surface area contributed by atoms with E-state index in [-0.39, 0.29) is 6.42 Å². The largest absolute Gasteiger partial charge is 0.386 e. The Morgan fingerprint density at radius 3 is 3.14 bits per heavy atom. The number of nitriles is 1. The van der Waals surface area contributed by atoms with Crippen molar-refractivity contribution in [2.75, 3.05) is 0 Å². The van der Waals surface area contributed by atoms with E-state index in [1.54, 1.807) is 10.9 Å². The Hall–Kier alpha value is -1.41. The second-order valence-electron chi connectivity index (χ2n) is 3.69. The molecular formula is C9H12N4O. The maximum atomic E-state index is 9.45. The molecule has 14 heavy (non-hydrogen) atoms. The van der Waals surface area contributed by atoms with Crippen LogP contribution in [0.4, 0.5) is 0 Å². The first-order chi connectivity index (χ1) is 6.79. The lowest BCUT2D eigenvalue weighted by Crippen LogP contribution is -2.00. The van der Waals surface area contributed by atoms with Crippen molar-refractivity contribution in [3.8, 4) is 6.07 Å². The van der Waals surface area contributed by atoms with E-state index in [1.165, 1.54) is 12.8 Å². The predicted octanol–water partition coefficient (Wildman–Crippen LogP) is 0.635. The highest BCUT2D eigenvalue weighted by molar-refractivity contribution is 5.00.